The van der Waals surface area contributed by atoms with Crippen LogP contribution in [-0.4, -0.2) is 25.6 Å². The number of aromatic nitrogens is 3. The maximum atomic E-state index is 13.1. The predicted molar refractivity (Wildman–Crippen MR) is 103 cm³/mol. The summed E-state index contributed by atoms with van der Waals surface area (Å²) in [6.45, 7) is 1.74. The molecule has 4 rings (SSSR count). The Labute approximate surface area is 159 Å². The summed E-state index contributed by atoms with van der Waals surface area (Å²) in [6, 6.07) is 14.5. The first kappa shape index (κ1) is 17.4. The number of allylic oxidation sites excluding steroid dienone is 1. The van der Waals surface area contributed by atoms with Crippen LogP contribution in [0.2, 0.25) is 0 Å². The molecule has 2 aromatic carbocycles. The molecule has 0 radical (unpaired) electrons. The number of nitrogens with one attached hydrogen (secondary N) is 2. The SMILES string of the molecule is CC1=C(C(=O)Nc2ccccc2)[C@@H](c2ccccc2[N+](=O)[O-])n2ncnc2N1. The average Bonchev–Trinajstić information content (AvgIpc) is 3.15. The van der Waals surface area contributed by atoms with E-state index in [-0.39, 0.29) is 11.6 Å². The van der Waals surface area contributed by atoms with Gasteiger partial charge < -0.3 is 10.6 Å². The number of hydrogen-bond donors (Lipinski definition) is 2. The molecule has 1 amide bonds. The van der Waals surface area contributed by atoms with Crippen LogP contribution in [-0.2, 0) is 4.79 Å². The molecule has 1 aliphatic rings. The van der Waals surface area contributed by atoms with Crippen molar-refractivity contribution in [3.63, 3.8) is 0 Å². The van der Waals surface area contributed by atoms with E-state index in [0.29, 0.717) is 28.5 Å². The molecule has 0 bridgehead atoms. The van der Waals surface area contributed by atoms with E-state index in [4.69, 9.17) is 0 Å². The van der Waals surface area contributed by atoms with Crippen molar-refractivity contribution >= 4 is 23.2 Å². The van der Waals surface area contributed by atoms with E-state index in [2.05, 4.69) is 20.7 Å². The van der Waals surface area contributed by atoms with Crippen LogP contribution in [0.15, 0.2) is 72.2 Å². The number of hydrogen-bond acceptors (Lipinski definition) is 6. The Balaban J connectivity index is 1.84. The molecule has 140 valence electrons. The minimum Gasteiger partial charge on any atom is -0.328 e. The third-order valence-corrected chi connectivity index (χ3v) is 4.50. The lowest BCUT2D eigenvalue weighted by Crippen LogP contribution is -2.31. The number of carbonyl (C=O) groups is 1. The lowest BCUT2D eigenvalue weighted by atomic mass is 9.93. The van der Waals surface area contributed by atoms with Crippen molar-refractivity contribution in [2.45, 2.75) is 13.0 Å². The standard InChI is InChI=1S/C19H16N6O3/c1-12-16(18(26)23-13-7-3-2-4-8-13)17(24-19(22-12)20-11-21-24)14-9-5-6-10-15(14)25(27)28/h2-11,17H,1H3,(H,23,26)(H,20,21,22)/t17-/m1/s1. The highest BCUT2D eigenvalue weighted by atomic mass is 16.6. The number of rotatable bonds is 4. The van der Waals surface area contributed by atoms with Gasteiger partial charge in [0, 0.05) is 17.5 Å². The van der Waals surface area contributed by atoms with Crippen LogP contribution in [0.1, 0.15) is 18.5 Å². The number of nitro groups is 1. The molecule has 0 saturated carbocycles. The summed E-state index contributed by atoms with van der Waals surface area (Å²) in [6.07, 6.45) is 1.34. The molecule has 1 atom stereocenters. The molecule has 0 fully saturated rings. The monoisotopic (exact) mass is 376 g/mol. The minimum absolute atomic E-state index is 0.0892. The first-order valence-corrected chi connectivity index (χ1v) is 8.53. The Bertz CT molecular complexity index is 1090. The van der Waals surface area contributed by atoms with E-state index in [9.17, 15) is 14.9 Å². The van der Waals surface area contributed by atoms with E-state index in [1.165, 1.54) is 17.1 Å². The molecule has 0 spiro atoms. The van der Waals surface area contributed by atoms with Crippen molar-refractivity contribution in [3.05, 3.63) is 87.9 Å². The summed E-state index contributed by atoms with van der Waals surface area (Å²) < 4.78 is 1.48. The molecule has 1 aliphatic heterocycles. The molecule has 1 aromatic heterocycles. The molecular formula is C19H16N6O3. The highest BCUT2D eigenvalue weighted by Gasteiger charge is 2.36. The summed E-state index contributed by atoms with van der Waals surface area (Å²) >= 11 is 0. The zero-order chi connectivity index (χ0) is 19.7. The van der Waals surface area contributed by atoms with Crippen molar-refractivity contribution < 1.29 is 9.72 Å². The van der Waals surface area contributed by atoms with Gasteiger partial charge in [0.2, 0.25) is 5.95 Å². The molecule has 9 heteroatoms. The topological polar surface area (TPSA) is 115 Å². The summed E-state index contributed by atoms with van der Waals surface area (Å²) in [5.41, 5.74) is 1.78. The molecule has 0 saturated heterocycles. The Hall–Kier alpha value is -4.01. The molecule has 28 heavy (non-hydrogen) atoms. The van der Waals surface area contributed by atoms with E-state index < -0.39 is 11.0 Å². The maximum absolute atomic E-state index is 13.1. The minimum atomic E-state index is -0.788. The second-order valence-electron chi connectivity index (χ2n) is 6.23. The van der Waals surface area contributed by atoms with E-state index >= 15 is 0 Å². The average molecular weight is 376 g/mol. The van der Waals surface area contributed by atoms with E-state index in [1.807, 2.05) is 18.2 Å². The van der Waals surface area contributed by atoms with Gasteiger partial charge in [-0.25, -0.2) is 4.68 Å². The number of fused-ring (bicyclic) bond motifs is 1. The van der Waals surface area contributed by atoms with Gasteiger partial charge >= 0.3 is 0 Å². The molecule has 2 N–H and O–H groups in total. The van der Waals surface area contributed by atoms with Gasteiger partial charge in [0.15, 0.2) is 0 Å². The van der Waals surface area contributed by atoms with Crippen LogP contribution >= 0.6 is 0 Å². The largest absolute Gasteiger partial charge is 0.328 e. The lowest BCUT2D eigenvalue weighted by molar-refractivity contribution is -0.385. The van der Waals surface area contributed by atoms with Gasteiger partial charge in [0.25, 0.3) is 11.6 Å². The first-order valence-electron chi connectivity index (χ1n) is 8.53. The zero-order valence-electron chi connectivity index (χ0n) is 14.9. The molecule has 2 heterocycles. The van der Waals surface area contributed by atoms with Gasteiger partial charge in [-0.2, -0.15) is 10.1 Å². The van der Waals surface area contributed by atoms with Crippen LogP contribution in [0.3, 0.4) is 0 Å². The predicted octanol–water partition coefficient (Wildman–Crippen LogP) is 3.11. The Morgan fingerprint density at radius 2 is 1.89 bits per heavy atom. The van der Waals surface area contributed by atoms with Crippen molar-refractivity contribution in [2.75, 3.05) is 10.6 Å². The van der Waals surface area contributed by atoms with Crippen LogP contribution in [0.5, 0.6) is 0 Å². The van der Waals surface area contributed by atoms with Crippen LogP contribution < -0.4 is 10.6 Å². The summed E-state index contributed by atoms with van der Waals surface area (Å²) in [7, 11) is 0. The zero-order valence-corrected chi connectivity index (χ0v) is 14.9. The highest BCUT2D eigenvalue weighted by Crippen LogP contribution is 2.38. The maximum Gasteiger partial charge on any atom is 0.275 e. The highest BCUT2D eigenvalue weighted by molar-refractivity contribution is 6.06. The second kappa shape index (κ2) is 6.95. The second-order valence-corrected chi connectivity index (χ2v) is 6.23. The fourth-order valence-corrected chi connectivity index (χ4v) is 3.28. The first-order chi connectivity index (χ1) is 13.6. The van der Waals surface area contributed by atoms with Crippen molar-refractivity contribution in [1.82, 2.24) is 14.8 Å². The van der Waals surface area contributed by atoms with Crippen molar-refractivity contribution in [2.24, 2.45) is 0 Å². The van der Waals surface area contributed by atoms with Gasteiger partial charge in [-0.3, -0.25) is 14.9 Å². The quantitative estimate of drug-likeness (QED) is 0.534. The number of amides is 1. The summed E-state index contributed by atoms with van der Waals surface area (Å²) in [5.74, 6) is 0.0393. The van der Waals surface area contributed by atoms with E-state index in [0.717, 1.165) is 0 Å². The fourth-order valence-electron chi connectivity index (χ4n) is 3.28. The van der Waals surface area contributed by atoms with Crippen molar-refractivity contribution in [3.8, 4) is 0 Å². The fraction of sp³-hybridized carbons (Fsp3) is 0.105. The van der Waals surface area contributed by atoms with Gasteiger partial charge in [0.1, 0.15) is 12.4 Å². The summed E-state index contributed by atoms with van der Waals surface area (Å²) in [4.78, 5) is 28.4. The summed E-state index contributed by atoms with van der Waals surface area (Å²) in [5, 5.41) is 21.7. The number of benzene rings is 2. The van der Waals surface area contributed by atoms with Gasteiger partial charge in [-0.1, -0.05) is 30.3 Å². The Morgan fingerprint density at radius 3 is 2.64 bits per heavy atom. The van der Waals surface area contributed by atoms with Gasteiger partial charge in [-0.15, -0.1) is 0 Å². The van der Waals surface area contributed by atoms with E-state index in [1.54, 1.807) is 37.3 Å². The smallest absolute Gasteiger partial charge is 0.275 e. The van der Waals surface area contributed by atoms with Gasteiger partial charge in [-0.05, 0) is 25.1 Å². The lowest BCUT2D eigenvalue weighted by Gasteiger charge is -2.28. The third kappa shape index (κ3) is 2.98. The number of anilines is 2. The molecule has 0 unspecified atom stereocenters. The number of para-hydroxylation sites is 2. The molecular weight excluding hydrogens is 360 g/mol. The molecule has 0 aliphatic carbocycles. The van der Waals surface area contributed by atoms with Gasteiger partial charge in [0.05, 0.1) is 16.1 Å². The Kier molecular flexibility index (Phi) is 4.32. The Morgan fingerprint density at radius 1 is 1.18 bits per heavy atom. The number of nitro benzene ring substituents is 1. The number of nitrogens with zero attached hydrogens (tertiary/aromatic N) is 4. The molecule has 9 nitrogen and oxygen atoms in total. The van der Waals surface area contributed by atoms with Crippen LogP contribution in [0, 0.1) is 10.1 Å². The van der Waals surface area contributed by atoms with Crippen molar-refractivity contribution in [1.29, 1.82) is 0 Å². The molecule has 3 aromatic rings. The number of carbonyl (C=O) groups excluding carboxylic acids is 1. The third-order valence-electron chi connectivity index (χ3n) is 4.50. The van der Waals surface area contributed by atoms with Crippen LogP contribution in [0.4, 0.5) is 17.3 Å². The van der Waals surface area contributed by atoms with Crippen LogP contribution in [0.25, 0.3) is 0 Å². The normalized spacial score (nSPS) is 15.5.